The van der Waals surface area contributed by atoms with Gasteiger partial charge in [-0.1, -0.05) is 71.1 Å². The van der Waals surface area contributed by atoms with Crippen molar-refractivity contribution in [1.29, 1.82) is 0 Å². The van der Waals surface area contributed by atoms with Crippen LogP contribution in [0, 0.1) is 0 Å². The number of aliphatic hydroxyl groups excluding tert-OH is 1. The Morgan fingerprint density at radius 1 is 0.406 bits per heavy atom. The van der Waals surface area contributed by atoms with Gasteiger partial charge in [-0.05, 0) is 66.2 Å². The molecule has 20 nitrogen and oxygen atoms in total. The summed E-state index contributed by atoms with van der Waals surface area (Å²) in [4.78, 5) is 2.38. The molecule has 0 amide bonds. The van der Waals surface area contributed by atoms with Crippen molar-refractivity contribution >= 4 is 91.9 Å². The number of nitrogens with zero attached hydrogens (tertiary/aromatic N) is 1. The van der Waals surface area contributed by atoms with E-state index < -0.39 is 58.1 Å². The smallest absolute Gasteiger partial charge is 0.335 e. The second kappa shape index (κ2) is 48.3. The third-order valence-corrected chi connectivity index (χ3v) is 17.3. The molecule has 7 unspecified atom stereocenters. The van der Waals surface area contributed by atoms with E-state index in [1.807, 2.05) is 13.8 Å². The normalized spacial score (nSPS) is 16.7. The van der Waals surface area contributed by atoms with Crippen LogP contribution in [-0.4, -0.2) is 136 Å². The van der Waals surface area contributed by atoms with Crippen LogP contribution in [0.1, 0.15) is 47.5 Å². The van der Waals surface area contributed by atoms with Crippen molar-refractivity contribution in [2.75, 3.05) is 126 Å². The first-order valence-electron chi connectivity index (χ1n) is 20.6. The highest BCUT2D eigenvalue weighted by Gasteiger charge is 2.31. The molecule has 0 aliphatic carbocycles. The van der Waals surface area contributed by atoms with Gasteiger partial charge in [0.1, 0.15) is 0 Å². The molecule has 0 bridgehead atoms. The second-order valence-electron chi connectivity index (χ2n) is 13.0. The maximum Gasteiger partial charge on any atom is 0.335 e. The summed E-state index contributed by atoms with van der Waals surface area (Å²) in [6.45, 7) is 42.6. The first-order valence-corrected chi connectivity index (χ1v) is 39.5. The van der Waals surface area contributed by atoms with Crippen LogP contribution in [0.2, 0.25) is 0 Å². The molecular formula is C38H84Cl3NO19P8. The van der Waals surface area contributed by atoms with Crippen LogP contribution in [0.4, 0.5) is 0 Å². The Hall–Kier alpha value is 0.670. The number of hydrogen-bond donors (Lipinski definition) is 1. The van der Waals surface area contributed by atoms with Crippen LogP contribution in [0.5, 0.6) is 0 Å². The van der Waals surface area contributed by atoms with Gasteiger partial charge < -0.3 is 41.7 Å². The van der Waals surface area contributed by atoms with E-state index in [0.717, 1.165) is 12.8 Å². The molecule has 0 radical (unpaired) electrons. The predicted molar refractivity (Wildman–Crippen MR) is 293 cm³/mol. The van der Waals surface area contributed by atoms with Crippen molar-refractivity contribution in [2.24, 2.45) is 0 Å². The molecule has 416 valence electrons. The van der Waals surface area contributed by atoms with Crippen LogP contribution in [0.25, 0.3) is 0 Å². The molecule has 0 fully saturated rings. The zero-order valence-corrected chi connectivity index (χ0v) is 52.3. The second-order valence-corrected chi connectivity index (χ2v) is 35.2. The first-order chi connectivity index (χ1) is 31.3. The van der Waals surface area contributed by atoms with Gasteiger partial charge in [-0.2, -0.15) is 0 Å². The fourth-order valence-corrected chi connectivity index (χ4v) is 13.7. The molecule has 0 aliphatic heterocycles. The van der Waals surface area contributed by atoms with Crippen molar-refractivity contribution in [2.45, 2.75) is 47.5 Å². The lowest BCUT2D eigenvalue weighted by Gasteiger charge is -2.18. The summed E-state index contributed by atoms with van der Waals surface area (Å²) in [5.41, 5.74) is 0. The molecule has 7 atom stereocenters. The molecule has 0 aromatic carbocycles. The molecule has 0 saturated carbocycles. The van der Waals surface area contributed by atoms with Gasteiger partial charge >= 0.3 is 45.6 Å². The van der Waals surface area contributed by atoms with Crippen LogP contribution in [0.15, 0.2) is 75.9 Å². The Bertz CT molecular complexity index is 1600. The van der Waals surface area contributed by atoms with Crippen LogP contribution >= 0.6 is 91.9 Å². The van der Waals surface area contributed by atoms with Gasteiger partial charge in [-0.3, -0.25) is 36.5 Å². The molecule has 0 heterocycles. The Morgan fingerprint density at radius 3 is 0.710 bits per heavy atom. The molecule has 0 aromatic heterocycles. The van der Waals surface area contributed by atoms with Crippen LogP contribution < -0.4 is 0 Å². The molecule has 1 N–H and O–H groups in total. The number of aliphatic hydroxyl groups is 1. The maximum absolute atomic E-state index is 11.7. The van der Waals surface area contributed by atoms with E-state index in [2.05, 4.69) is 69.7 Å². The lowest BCUT2D eigenvalue weighted by atomic mass is 10.5. The zero-order valence-electron chi connectivity index (χ0n) is 42.9. The largest absolute Gasteiger partial charge is 0.392 e. The lowest BCUT2D eigenvalue weighted by molar-refractivity contribution is 0.232. The van der Waals surface area contributed by atoms with Crippen molar-refractivity contribution < 1.29 is 86.2 Å². The van der Waals surface area contributed by atoms with Crippen molar-refractivity contribution in [3.8, 4) is 0 Å². The van der Waals surface area contributed by atoms with E-state index in [9.17, 15) is 36.5 Å². The molecular weight excluding hydrogens is 1130 g/mol. The average Bonchev–Trinajstić information content (AvgIpc) is 3.21. The van der Waals surface area contributed by atoms with Gasteiger partial charge in [-0.25, -0.2) is 12.9 Å². The Kier molecular flexibility index (Phi) is 58.6. The molecule has 0 aromatic rings. The Labute approximate surface area is 430 Å². The SMILES string of the molecule is C=CCO.C=CCOP(C)(=O)Cl.C=CCOP(C)(=O)OP(C)(=O)OCC=C.C=CCOP(C)(=O)OP(C)(=O)OCC=C.CCCOP(C)(=O)OP(C)(=O)OCCC.CCN(CC)CC.CP(=O)(Cl)Cl. The predicted octanol–water partition coefficient (Wildman–Crippen LogP) is 15.7. The van der Waals surface area contributed by atoms with E-state index in [4.69, 9.17) is 78.9 Å². The standard InChI is InChI=1S/C8H20O5P2.2C8H16O5P2.C6H15N.C4H8ClO2P.C3H6O.CH3Cl2OP/c3*1-5-7-11-14(3,9)13-15(4,10)12-8-6-2;1-4-7(5-2)6-3;1-3-4-7-8(2,5)6;1-2-3-4;1-5(2,3)4/h5-8H2,1-4H3;2*5-6H,1-2,7-8H2,3-4H3;4-6H2,1-3H3;3H,1,4H2,2H3;2,4H,1,3H2;1H3. The van der Waals surface area contributed by atoms with E-state index >= 15 is 0 Å². The zero-order chi connectivity index (χ0) is 56.1. The minimum atomic E-state index is -3.36. The van der Waals surface area contributed by atoms with Gasteiger partial charge in [0.15, 0.2) is 0 Å². The average molecular weight is 1210 g/mol. The topological polar surface area (TPSA) is 252 Å². The molecule has 0 saturated heterocycles. The summed E-state index contributed by atoms with van der Waals surface area (Å²) in [5.74, 6) is -2.69. The van der Waals surface area contributed by atoms with Crippen molar-refractivity contribution in [1.82, 2.24) is 4.90 Å². The van der Waals surface area contributed by atoms with Gasteiger partial charge in [0, 0.05) is 53.3 Å². The summed E-state index contributed by atoms with van der Waals surface area (Å²) in [6.07, 6.45) is 10.1. The summed E-state index contributed by atoms with van der Waals surface area (Å²) >= 11 is 14.9. The van der Waals surface area contributed by atoms with Crippen molar-refractivity contribution in [3.05, 3.63) is 75.9 Å². The van der Waals surface area contributed by atoms with E-state index in [1.165, 1.54) is 109 Å². The minimum absolute atomic E-state index is 0.0647. The molecule has 0 rings (SSSR count). The van der Waals surface area contributed by atoms with Gasteiger partial charge in [0.25, 0.3) is 6.72 Å². The quantitative estimate of drug-likeness (QED) is 0.0500. The summed E-state index contributed by atoms with van der Waals surface area (Å²) in [6, 6.07) is 0. The Morgan fingerprint density at radius 2 is 0.594 bits per heavy atom. The van der Waals surface area contributed by atoms with E-state index in [0.29, 0.717) is 13.2 Å². The number of halogens is 3. The molecule has 0 aliphatic rings. The highest BCUT2D eigenvalue weighted by atomic mass is 35.9. The summed E-state index contributed by atoms with van der Waals surface area (Å²) in [7, 11) is -20.0. The van der Waals surface area contributed by atoms with Gasteiger partial charge in [0.05, 0.1) is 52.9 Å². The van der Waals surface area contributed by atoms with Crippen molar-refractivity contribution in [3.63, 3.8) is 0 Å². The lowest BCUT2D eigenvalue weighted by Crippen LogP contribution is -2.21. The molecule has 69 heavy (non-hydrogen) atoms. The summed E-state index contributed by atoms with van der Waals surface area (Å²) < 4.78 is 138. The third kappa shape index (κ3) is 82.9. The van der Waals surface area contributed by atoms with Gasteiger partial charge in [0.2, 0.25) is 5.85 Å². The highest BCUT2D eigenvalue weighted by Crippen LogP contribution is 2.62. The van der Waals surface area contributed by atoms with Gasteiger partial charge in [-0.15, -0.1) is 39.5 Å². The van der Waals surface area contributed by atoms with Crippen LogP contribution in [-0.2, 0) is 81.1 Å². The monoisotopic (exact) mass is 1210 g/mol. The maximum atomic E-state index is 11.7. The first kappa shape index (κ1) is 83.6. The van der Waals surface area contributed by atoms with Crippen LogP contribution in [0.3, 0.4) is 0 Å². The third-order valence-electron chi connectivity index (χ3n) is 5.55. The van der Waals surface area contributed by atoms with E-state index in [-0.39, 0.29) is 39.6 Å². The molecule has 0 spiro atoms. The number of rotatable bonds is 31. The Balaban J connectivity index is -0.000000136. The number of hydrogen-bond acceptors (Lipinski definition) is 20. The fourth-order valence-electron chi connectivity index (χ4n) is 3.07. The summed E-state index contributed by atoms with van der Waals surface area (Å²) in [5, 5.41) is 7.76. The van der Waals surface area contributed by atoms with E-state index in [1.54, 1.807) is 0 Å². The highest BCUT2D eigenvalue weighted by molar-refractivity contribution is 8.08. The molecule has 31 heteroatoms. The minimum Gasteiger partial charge on any atom is -0.392 e. The fraction of sp³-hybridized carbons (Fsp3) is 0.684.